The van der Waals surface area contributed by atoms with Crippen LogP contribution in [-0.2, 0) is 4.79 Å². The Morgan fingerprint density at radius 1 is 1.21 bits per heavy atom. The van der Waals surface area contributed by atoms with Crippen molar-refractivity contribution in [3.05, 3.63) is 33.3 Å². The van der Waals surface area contributed by atoms with Crippen LogP contribution in [0, 0.1) is 0 Å². The lowest BCUT2D eigenvalue weighted by atomic mass is 10.2. The van der Waals surface area contributed by atoms with E-state index in [9.17, 15) is 9.59 Å². The van der Waals surface area contributed by atoms with Crippen LogP contribution in [0.5, 0.6) is 0 Å². The van der Waals surface area contributed by atoms with Gasteiger partial charge in [-0.1, -0.05) is 27.5 Å². The van der Waals surface area contributed by atoms with Gasteiger partial charge in [-0.15, -0.1) is 0 Å². The molecule has 0 aliphatic heterocycles. The summed E-state index contributed by atoms with van der Waals surface area (Å²) in [5.41, 5.74) is 0.334. The zero-order valence-electron chi connectivity index (χ0n) is 11.0. The maximum Gasteiger partial charge on any atom is 0.253 e. The fourth-order valence-electron chi connectivity index (χ4n) is 1.42. The molecule has 0 radical (unpaired) electrons. The molecule has 6 heteroatoms. The Kier molecular flexibility index (Phi) is 5.82. The molecule has 0 spiro atoms. The second-order valence-corrected chi connectivity index (χ2v) is 5.81. The molecule has 4 nitrogen and oxygen atoms in total. The first-order chi connectivity index (χ1) is 8.81. The van der Waals surface area contributed by atoms with Crippen LogP contribution in [0.25, 0.3) is 0 Å². The molecule has 0 saturated carbocycles. The SMILES string of the molecule is CC(C)NC(=O)C(C)NC(=O)c1cc(Br)ccc1Cl. The summed E-state index contributed by atoms with van der Waals surface area (Å²) in [5.74, 6) is -0.604. The fourth-order valence-corrected chi connectivity index (χ4v) is 1.99. The van der Waals surface area contributed by atoms with Gasteiger partial charge in [0.1, 0.15) is 6.04 Å². The Hall–Kier alpha value is -1.07. The van der Waals surface area contributed by atoms with Crippen LogP contribution in [0.2, 0.25) is 5.02 Å². The van der Waals surface area contributed by atoms with Gasteiger partial charge in [0.05, 0.1) is 10.6 Å². The average molecular weight is 348 g/mol. The standard InChI is InChI=1S/C13H16BrClN2O2/c1-7(2)16-12(18)8(3)17-13(19)10-6-9(14)4-5-11(10)15/h4-8H,1-3H3,(H,16,18)(H,17,19). The quantitative estimate of drug-likeness (QED) is 0.880. The van der Waals surface area contributed by atoms with Crippen LogP contribution in [0.15, 0.2) is 22.7 Å². The minimum Gasteiger partial charge on any atom is -0.352 e. The summed E-state index contributed by atoms with van der Waals surface area (Å²) in [6, 6.07) is 4.39. The van der Waals surface area contributed by atoms with Crippen molar-refractivity contribution < 1.29 is 9.59 Å². The zero-order valence-corrected chi connectivity index (χ0v) is 13.3. The first kappa shape index (κ1) is 16.0. The van der Waals surface area contributed by atoms with E-state index >= 15 is 0 Å². The van der Waals surface area contributed by atoms with Crippen molar-refractivity contribution in [2.75, 3.05) is 0 Å². The molecule has 0 saturated heterocycles. The maximum atomic E-state index is 12.0. The lowest BCUT2D eigenvalue weighted by molar-refractivity contribution is -0.123. The first-order valence-corrected chi connectivity index (χ1v) is 7.04. The van der Waals surface area contributed by atoms with Gasteiger partial charge in [0.25, 0.3) is 5.91 Å². The van der Waals surface area contributed by atoms with Crippen molar-refractivity contribution in [1.29, 1.82) is 0 Å². The third-order valence-corrected chi connectivity index (χ3v) is 3.17. The Balaban J connectivity index is 2.74. The van der Waals surface area contributed by atoms with E-state index in [4.69, 9.17) is 11.6 Å². The third kappa shape index (κ3) is 4.84. The van der Waals surface area contributed by atoms with E-state index in [0.29, 0.717) is 10.6 Å². The number of hydrogen-bond acceptors (Lipinski definition) is 2. The molecule has 0 aliphatic carbocycles. The molecule has 1 aromatic carbocycles. The summed E-state index contributed by atoms with van der Waals surface area (Å²) < 4.78 is 0.751. The van der Waals surface area contributed by atoms with Gasteiger partial charge < -0.3 is 10.6 Å². The second-order valence-electron chi connectivity index (χ2n) is 4.48. The Morgan fingerprint density at radius 2 is 1.84 bits per heavy atom. The van der Waals surface area contributed by atoms with E-state index in [1.807, 2.05) is 13.8 Å². The van der Waals surface area contributed by atoms with Crippen molar-refractivity contribution >= 4 is 39.3 Å². The van der Waals surface area contributed by atoms with Crippen LogP contribution in [0.4, 0.5) is 0 Å². The van der Waals surface area contributed by atoms with Crippen LogP contribution < -0.4 is 10.6 Å². The van der Waals surface area contributed by atoms with Crippen molar-refractivity contribution in [3.8, 4) is 0 Å². The smallest absolute Gasteiger partial charge is 0.253 e. The monoisotopic (exact) mass is 346 g/mol. The minimum atomic E-state index is -0.620. The molecule has 2 amide bonds. The van der Waals surface area contributed by atoms with Crippen molar-refractivity contribution in [3.63, 3.8) is 0 Å². The largest absolute Gasteiger partial charge is 0.352 e. The topological polar surface area (TPSA) is 58.2 Å². The zero-order chi connectivity index (χ0) is 14.6. The Morgan fingerprint density at radius 3 is 2.42 bits per heavy atom. The summed E-state index contributed by atoms with van der Waals surface area (Å²) in [5, 5.41) is 5.69. The average Bonchev–Trinajstić information content (AvgIpc) is 2.31. The molecular weight excluding hydrogens is 332 g/mol. The summed E-state index contributed by atoms with van der Waals surface area (Å²) in [6.45, 7) is 5.34. The molecule has 0 aliphatic rings. The fraction of sp³-hybridized carbons (Fsp3) is 0.385. The molecule has 0 heterocycles. The molecule has 2 N–H and O–H groups in total. The van der Waals surface area contributed by atoms with Gasteiger partial charge in [0.2, 0.25) is 5.91 Å². The van der Waals surface area contributed by atoms with Gasteiger partial charge in [-0.2, -0.15) is 0 Å². The van der Waals surface area contributed by atoms with E-state index in [1.165, 1.54) is 0 Å². The highest BCUT2D eigenvalue weighted by Gasteiger charge is 2.18. The number of amides is 2. The Bertz CT molecular complexity index is 492. The van der Waals surface area contributed by atoms with E-state index < -0.39 is 6.04 Å². The third-order valence-electron chi connectivity index (χ3n) is 2.34. The predicted molar refractivity (Wildman–Crippen MR) is 79.4 cm³/mol. The second kappa shape index (κ2) is 6.91. The number of nitrogens with one attached hydrogen (secondary N) is 2. The van der Waals surface area contributed by atoms with Gasteiger partial charge in [0.15, 0.2) is 0 Å². The number of rotatable bonds is 4. The summed E-state index contributed by atoms with van der Waals surface area (Å²) in [4.78, 5) is 23.7. The van der Waals surface area contributed by atoms with Crippen LogP contribution >= 0.6 is 27.5 Å². The molecule has 19 heavy (non-hydrogen) atoms. The first-order valence-electron chi connectivity index (χ1n) is 5.87. The highest BCUT2D eigenvalue weighted by Crippen LogP contribution is 2.20. The van der Waals surface area contributed by atoms with E-state index in [1.54, 1.807) is 25.1 Å². The molecule has 0 bridgehead atoms. The molecule has 104 valence electrons. The van der Waals surface area contributed by atoms with Gasteiger partial charge in [0, 0.05) is 10.5 Å². The highest BCUT2D eigenvalue weighted by atomic mass is 79.9. The van der Waals surface area contributed by atoms with Crippen LogP contribution in [0.1, 0.15) is 31.1 Å². The molecule has 1 unspecified atom stereocenters. The number of carbonyl (C=O) groups excluding carboxylic acids is 2. The maximum absolute atomic E-state index is 12.0. The Labute approximate surface area is 126 Å². The predicted octanol–water partition coefficient (Wildman–Crippen LogP) is 2.75. The van der Waals surface area contributed by atoms with Crippen LogP contribution in [-0.4, -0.2) is 23.9 Å². The molecule has 0 fully saturated rings. The van der Waals surface area contributed by atoms with Gasteiger partial charge in [-0.25, -0.2) is 0 Å². The molecule has 1 rings (SSSR count). The summed E-state index contributed by atoms with van der Waals surface area (Å²) >= 11 is 9.23. The summed E-state index contributed by atoms with van der Waals surface area (Å²) in [6.07, 6.45) is 0. The normalized spacial score (nSPS) is 12.1. The van der Waals surface area contributed by atoms with E-state index in [-0.39, 0.29) is 17.9 Å². The number of hydrogen-bond donors (Lipinski definition) is 2. The number of carbonyl (C=O) groups is 2. The number of halogens is 2. The lowest BCUT2D eigenvalue weighted by Gasteiger charge is -2.16. The van der Waals surface area contributed by atoms with Crippen molar-refractivity contribution in [2.24, 2.45) is 0 Å². The van der Waals surface area contributed by atoms with E-state index in [2.05, 4.69) is 26.6 Å². The van der Waals surface area contributed by atoms with Gasteiger partial charge in [-0.05, 0) is 39.0 Å². The van der Waals surface area contributed by atoms with Crippen LogP contribution in [0.3, 0.4) is 0 Å². The van der Waals surface area contributed by atoms with Gasteiger partial charge >= 0.3 is 0 Å². The minimum absolute atomic E-state index is 0.0290. The van der Waals surface area contributed by atoms with Gasteiger partial charge in [-0.3, -0.25) is 9.59 Å². The molecular formula is C13H16BrClN2O2. The van der Waals surface area contributed by atoms with E-state index in [0.717, 1.165) is 4.47 Å². The number of benzene rings is 1. The molecule has 0 aromatic heterocycles. The van der Waals surface area contributed by atoms with Crippen molar-refractivity contribution in [1.82, 2.24) is 10.6 Å². The molecule has 1 atom stereocenters. The lowest BCUT2D eigenvalue weighted by Crippen LogP contribution is -2.46. The van der Waals surface area contributed by atoms with Crippen molar-refractivity contribution in [2.45, 2.75) is 32.9 Å². The summed E-state index contributed by atoms with van der Waals surface area (Å²) in [7, 11) is 0. The highest BCUT2D eigenvalue weighted by molar-refractivity contribution is 9.10. The molecule has 1 aromatic rings.